The van der Waals surface area contributed by atoms with E-state index in [0.29, 0.717) is 0 Å². The monoisotopic (exact) mass is 230 g/mol. The number of hydrogen-bond donors (Lipinski definition) is 1. The third kappa shape index (κ3) is 7.20. The van der Waals surface area contributed by atoms with Gasteiger partial charge in [-0.25, -0.2) is 0 Å². The smallest absolute Gasteiger partial charge is 0.00723 e. The van der Waals surface area contributed by atoms with E-state index in [9.17, 15) is 0 Å². The summed E-state index contributed by atoms with van der Waals surface area (Å²) < 4.78 is 0. The summed E-state index contributed by atoms with van der Waals surface area (Å²) in [7, 11) is 0. The molecule has 0 spiro atoms. The van der Waals surface area contributed by atoms with E-state index in [1.807, 2.05) is 0 Å². The summed E-state index contributed by atoms with van der Waals surface area (Å²) in [6.07, 6.45) is 5.34. The first-order chi connectivity index (χ1) is 7.43. The van der Waals surface area contributed by atoms with Crippen LogP contribution >= 0.6 is 11.8 Å². The molecule has 1 N–H and O–H groups in total. The minimum absolute atomic E-state index is 1.18. The minimum atomic E-state index is 1.18. The summed E-state index contributed by atoms with van der Waals surface area (Å²) >= 11 is 2.12. The predicted octanol–water partition coefficient (Wildman–Crippen LogP) is 2.21. The molecular weight excluding hydrogens is 204 g/mol. The van der Waals surface area contributed by atoms with E-state index in [2.05, 4.69) is 28.9 Å². The standard InChI is InChI=1S/C12H26N2S/c1-2-6-13-7-3-4-8-14-9-5-11-15-12-10-14/h13H,2-12H2,1H3. The lowest BCUT2D eigenvalue weighted by Crippen LogP contribution is -2.27. The fourth-order valence-corrected chi connectivity index (χ4v) is 2.83. The number of nitrogens with one attached hydrogen (secondary N) is 1. The molecule has 0 aliphatic carbocycles. The van der Waals surface area contributed by atoms with E-state index in [1.54, 1.807) is 0 Å². The van der Waals surface area contributed by atoms with Crippen LogP contribution in [-0.4, -0.2) is 49.1 Å². The van der Waals surface area contributed by atoms with E-state index >= 15 is 0 Å². The Morgan fingerprint density at radius 2 is 2.07 bits per heavy atom. The Balaban J connectivity index is 1.89. The second-order valence-electron chi connectivity index (χ2n) is 4.26. The van der Waals surface area contributed by atoms with Gasteiger partial charge in [0, 0.05) is 12.3 Å². The van der Waals surface area contributed by atoms with Crippen molar-refractivity contribution in [1.29, 1.82) is 0 Å². The number of hydrogen-bond acceptors (Lipinski definition) is 3. The fraction of sp³-hybridized carbons (Fsp3) is 1.00. The molecule has 0 bridgehead atoms. The van der Waals surface area contributed by atoms with Crippen molar-refractivity contribution in [1.82, 2.24) is 10.2 Å². The molecule has 0 unspecified atom stereocenters. The van der Waals surface area contributed by atoms with Crippen LogP contribution in [0.1, 0.15) is 32.6 Å². The lowest BCUT2D eigenvalue weighted by atomic mass is 10.2. The molecule has 1 heterocycles. The summed E-state index contributed by atoms with van der Waals surface area (Å²) in [6.45, 7) is 8.56. The second-order valence-corrected chi connectivity index (χ2v) is 5.49. The van der Waals surface area contributed by atoms with Crippen LogP contribution in [0.25, 0.3) is 0 Å². The topological polar surface area (TPSA) is 15.3 Å². The molecule has 1 aliphatic heterocycles. The Hall–Kier alpha value is 0.270. The number of thioether (sulfide) groups is 1. The molecule has 1 aliphatic rings. The number of unbranched alkanes of at least 4 members (excludes halogenated alkanes) is 1. The molecule has 0 aromatic carbocycles. The van der Waals surface area contributed by atoms with Gasteiger partial charge in [-0.05, 0) is 57.6 Å². The van der Waals surface area contributed by atoms with Crippen LogP contribution < -0.4 is 5.32 Å². The molecule has 0 radical (unpaired) electrons. The van der Waals surface area contributed by atoms with Crippen molar-refractivity contribution in [3.63, 3.8) is 0 Å². The lowest BCUT2D eigenvalue weighted by molar-refractivity contribution is 0.288. The van der Waals surface area contributed by atoms with Crippen LogP contribution in [0.2, 0.25) is 0 Å². The Bertz CT molecular complexity index is 134. The van der Waals surface area contributed by atoms with E-state index in [4.69, 9.17) is 0 Å². The average molecular weight is 230 g/mol. The zero-order valence-corrected chi connectivity index (χ0v) is 11.0. The lowest BCUT2D eigenvalue weighted by Gasteiger charge is -2.19. The van der Waals surface area contributed by atoms with Crippen LogP contribution in [0.3, 0.4) is 0 Å². The zero-order chi connectivity index (χ0) is 10.8. The molecule has 2 nitrogen and oxygen atoms in total. The normalized spacial score (nSPS) is 19.0. The zero-order valence-electron chi connectivity index (χ0n) is 10.1. The van der Waals surface area contributed by atoms with E-state index in [-0.39, 0.29) is 0 Å². The maximum atomic E-state index is 3.46. The molecule has 1 fully saturated rings. The minimum Gasteiger partial charge on any atom is -0.317 e. The SMILES string of the molecule is CCCNCCCCN1CCCSCC1. The first-order valence-corrected chi connectivity index (χ1v) is 7.59. The maximum absolute atomic E-state index is 3.46. The highest BCUT2D eigenvalue weighted by atomic mass is 32.2. The quantitative estimate of drug-likeness (QED) is 0.675. The van der Waals surface area contributed by atoms with Crippen LogP contribution in [0, 0.1) is 0 Å². The van der Waals surface area contributed by atoms with Crippen molar-refractivity contribution in [3.8, 4) is 0 Å². The highest BCUT2D eigenvalue weighted by Crippen LogP contribution is 2.10. The summed E-state index contributed by atoms with van der Waals surface area (Å²) in [4.78, 5) is 2.64. The molecule has 0 aromatic rings. The van der Waals surface area contributed by atoms with Gasteiger partial charge in [-0.1, -0.05) is 6.92 Å². The molecule has 3 heteroatoms. The molecule has 0 saturated carbocycles. The van der Waals surface area contributed by atoms with Crippen LogP contribution in [0.5, 0.6) is 0 Å². The van der Waals surface area contributed by atoms with E-state index < -0.39 is 0 Å². The summed E-state index contributed by atoms with van der Waals surface area (Å²) in [5.74, 6) is 2.71. The molecule has 0 aromatic heterocycles. The Morgan fingerprint density at radius 3 is 2.93 bits per heavy atom. The van der Waals surface area contributed by atoms with Gasteiger partial charge in [0.1, 0.15) is 0 Å². The maximum Gasteiger partial charge on any atom is 0.00723 e. The van der Waals surface area contributed by atoms with Crippen molar-refractivity contribution in [2.45, 2.75) is 32.6 Å². The van der Waals surface area contributed by atoms with Crippen LogP contribution in [0.15, 0.2) is 0 Å². The highest BCUT2D eigenvalue weighted by molar-refractivity contribution is 7.99. The summed E-state index contributed by atoms with van der Waals surface area (Å²) in [6, 6.07) is 0. The predicted molar refractivity (Wildman–Crippen MR) is 70.8 cm³/mol. The molecule has 0 amide bonds. The molecule has 15 heavy (non-hydrogen) atoms. The number of nitrogens with zero attached hydrogens (tertiary/aromatic N) is 1. The van der Waals surface area contributed by atoms with Crippen molar-refractivity contribution in [3.05, 3.63) is 0 Å². The third-order valence-corrected chi connectivity index (χ3v) is 3.87. The third-order valence-electron chi connectivity index (χ3n) is 2.82. The summed E-state index contributed by atoms with van der Waals surface area (Å²) in [5, 5.41) is 3.46. The van der Waals surface area contributed by atoms with E-state index in [0.717, 1.165) is 0 Å². The van der Waals surface area contributed by atoms with Gasteiger partial charge in [0.15, 0.2) is 0 Å². The molecule has 1 saturated heterocycles. The second kappa shape index (κ2) is 9.49. The molecule has 90 valence electrons. The Kier molecular flexibility index (Phi) is 8.44. The average Bonchev–Trinajstić information content (AvgIpc) is 2.52. The molecule has 1 rings (SSSR count). The Labute approximate surface area is 99.2 Å². The van der Waals surface area contributed by atoms with Gasteiger partial charge in [-0.2, -0.15) is 11.8 Å². The van der Waals surface area contributed by atoms with Crippen molar-refractivity contribution >= 4 is 11.8 Å². The Morgan fingerprint density at radius 1 is 1.13 bits per heavy atom. The van der Waals surface area contributed by atoms with Gasteiger partial charge in [0.25, 0.3) is 0 Å². The first-order valence-electron chi connectivity index (χ1n) is 6.44. The fourth-order valence-electron chi connectivity index (χ4n) is 1.91. The molecule has 0 atom stereocenters. The van der Waals surface area contributed by atoms with Crippen LogP contribution in [0.4, 0.5) is 0 Å². The van der Waals surface area contributed by atoms with Crippen molar-refractivity contribution in [2.75, 3.05) is 44.2 Å². The number of rotatable bonds is 7. The van der Waals surface area contributed by atoms with Gasteiger partial charge in [-0.15, -0.1) is 0 Å². The summed E-state index contributed by atoms with van der Waals surface area (Å²) in [5.41, 5.74) is 0. The van der Waals surface area contributed by atoms with Gasteiger partial charge in [0.05, 0.1) is 0 Å². The van der Waals surface area contributed by atoms with Gasteiger partial charge in [-0.3, -0.25) is 0 Å². The van der Waals surface area contributed by atoms with Gasteiger partial charge < -0.3 is 10.2 Å². The van der Waals surface area contributed by atoms with Crippen molar-refractivity contribution < 1.29 is 0 Å². The van der Waals surface area contributed by atoms with Crippen molar-refractivity contribution in [2.24, 2.45) is 0 Å². The van der Waals surface area contributed by atoms with Gasteiger partial charge in [0.2, 0.25) is 0 Å². The first kappa shape index (κ1) is 13.3. The van der Waals surface area contributed by atoms with Gasteiger partial charge >= 0.3 is 0 Å². The largest absolute Gasteiger partial charge is 0.317 e. The van der Waals surface area contributed by atoms with Crippen LogP contribution in [-0.2, 0) is 0 Å². The molecular formula is C12H26N2S. The van der Waals surface area contributed by atoms with E-state index in [1.165, 1.54) is 69.9 Å². The highest BCUT2D eigenvalue weighted by Gasteiger charge is 2.07.